The minimum absolute atomic E-state index is 0. The second kappa shape index (κ2) is 12.6. The fraction of sp³-hybridized carbons (Fsp3) is 0.500. The average Bonchev–Trinajstić information content (AvgIpc) is 1.79. The fourth-order valence-electron chi connectivity index (χ4n) is 0.285. The topological polar surface area (TPSA) is 86.2 Å². The molecule has 0 saturated heterocycles. The molecule has 0 aromatic heterocycles. The van der Waals surface area contributed by atoms with Gasteiger partial charge in [-0.05, 0) is 0 Å². The quantitative estimate of drug-likeness (QED) is 0.494. The molecular formula is C4H10N2Na2O2S2. The molecule has 0 aromatic carbocycles. The van der Waals surface area contributed by atoms with Crippen molar-refractivity contribution in [2.24, 2.45) is 11.5 Å². The van der Waals surface area contributed by atoms with E-state index in [1.54, 1.807) is 0 Å². The van der Waals surface area contributed by atoms with Gasteiger partial charge in [0, 0.05) is 11.5 Å². The summed E-state index contributed by atoms with van der Waals surface area (Å²) in [6, 6.07) is 0. The van der Waals surface area contributed by atoms with E-state index in [0.717, 1.165) is 23.5 Å². The van der Waals surface area contributed by atoms with Crippen molar-refractivity contribution >= 4 is 93.1 Å². The number of carbonyl (C=O) groups is 2. The Bertz CT molecular complexity index is 131. The number of hydrogen-bond donors (Lipinski definition) is 2. The zero-order chi connectivity index (χ0) is 7.98. The van der Waals surface area contributed by atoms with Crippen LogP contribution in [0, 0.1) is 0 Å². The number of carbonyl (C=O) groups excluding carboxylic acids is 2. The van der Waals surface area contributed by atoms with Crippen LogP contribution in [0.2, 0.25) is 0 Å². The van der Waals surface area contributed by atoms with E-state index >= 15 is 0 Å². The van der Waals surface area contributed by atoms with Gasteiger partial charge >= 0.3 is 59.1 Å². The van der Waals surface area contributed by atoms with Crippen LogP contribution in [0.3, 0.4) is 0 Å². The Morgan fingerprint density at radius 2 is 1.17 bits per heavy atom. The van der Waals surface area contributed by atoms with Crippen LogP contribution in [0.4, 0.5) is 9.59 Å². The molecule has 0 aliphatic rings. The van der Waals surface area contributed by atoms with E-state index in [9.17, 15) is 9.59 Å². The van der Waals surface area contributed by atoms with Crippen molar-refractivity contribution in [3.63, 3.8) is 0 Å². The summed E-state index contributed by atoms with van der Waals surface area (Å²) in [5.74, 6) is 1.06. The van der Waals surface area contributed by atoms with E-state index in [2.05, 4.69) is 0 Å². The summed E-state index contributed by atoms with van der Waals surface area (Å²) in [7, 11) is 0. The third-order valence-electron chi connectivity index (χ3n) is 0.572. The Labute approximate surface area is 124 Å². The summed E-state index contributed by atoms with van der Waals surface area (Å²) in [6.07, 6.45) is 0. The molecule has 4 N–H and O–H groups in total. The molecule has 0 aliphatic carbocycles. The third-order valence-corrected chi connectivity index (χ3v) is 2.22. The van der Waals surface area contributed by atoms with Crippen LogP contribution in [0.15, 0.2) is 0 Å². The van der Waals surface area contributed by atoms with E-state index in [1.807, 2.05) is 0 Å². The first-order chi connectivity index (χ1) is 4.63. The van der Waals surface area contributed by atoms with Crippen LogP contribution in [0.25, 0.3) is 0 Å². The van der Waals surface area contributed by atoms with Gasteiger partial charge < -0.3 is 11.5 Å². The summed E-state index contributed by atoms with van der Waals surface area (Å²) in [4.78, 5) is 20.2. The molecule has 62 valence electrons. The van der Waals surface area contributed by atoms with E-state index < -0.39 is 10.5 Å². The van der Waals surface area contributed by atoms with Gasteiger partial charge in [0.25, 0.3) is 10.5 Å². The van der Waals surface area contributed by atoms with Crippen LogP contribution >= 0.6 is 23.5 Å². The van der Waals surface area contributed by atoms with Gasteiger partial charge in [0.15, 0.2) is 0 Å². The molecule has 0 rings (SSSR count). The van der Waals surface area contributed by atoms with Gasteiger partial charge in [0.1, 0.15) is 0 Å². The van der Waals surface area contributed by atoms with Crippen LogP contribution in [-0.4, -0.2) is 81.1 Å². The minimum atomic E-state index is -0.426. The molecule has 12 heavy (non-hydrogen) atoms. The van der Waals surface area contributed by atoms with Gasteiger partial charge in [0.2, 0.25) is 0 Å². The number of hydrogen-bond acceptors (Lipinski definition) is 4. The molecule has 0 atom stereocenters. The molecule has 0 saturated carbocycles. The van der Waals surface area contributed by atoms with Gasteiger partial charge in [-0.1, -0.05) is 23.5 Å². The SMILES string of the molecule is NC(=O)SCCSC(N)=O.[NaH].[NaH]. The predicted molar refractivity (Wildman–Crippen MR) is 58.4 cm³/mol. The molecule has 8 heteroatoms. The molecule has 0 aromatic rings. The summed E-state index contributed by atoms with van der Waals surface area (Å²) in [6.45, 7) is 0. The molecule has 0 fully saturated rings. The predicted octanol–water partition coefficient (Wildman–Crippen LogP) is -0.687. The molecule has 0 radical (unpaired) electrons. The van der Waals surface area contributed by atoms with Crippen LogP contribution < -0.4 is 11.5 Å². The van der Waals surface area contributed by atoms with E-state index in [-0.39, 0.29) is 59.1 Å². The monoisotopic (exact) mass is 228 g/mol. The van der Waals surface area contributed by atoms with Crippen LogP contribution in [0.1, 0.15) is 0 Å². The standard InChI is InChI=1S/C4H8N2O2S2.2Na.2H/c5-3(7)9-1-2-10-4(6)8;;;;/h1-2H2,(H2,5,7)(H2,6,8);;;;. The van der Waals surface area contributed by atoms with Crippen molar-refractivity contribution in [2.45, 2.75) is 0 Å². The van der Waals surface area contributed by atoms with Crippen LogP contribution in [0.5, 0.6) is 0 Å². The van der Waals surface area contributed by atoms with E-state index in [0.29, 0.717) is 11.5 Å². The maximum absolute atomic E-state index is 10.1. The second-order valence-corrected chi connectivity index (χ2v) is 3.53. The van der Waals surface area contributed by atoms with Gasteiger partial charge in [-0.3, -0.25) is 9.59 Å². The Balaban J connectivity index is -0.000000405. The molecule has 0 heterocycles. The number of thioether (sulfide) groups is 2. The fourth-order valence-corrected chi connectivity index (χ4v) is 1.35. The second-order valence-electron chi connectivity index (χ2n) is 1.33. The van der Waals surface area contributed by atoms with E-state index in [1.165, 1.54) is 0 Å². The zero-order valence-corrected chi connectivity index (χ0v) is 6.83. The molecule has 0 bridgehead atoms. The first-order valence-electron chi connectivity index (χ1n) is 2.47. The molecule has 4 nitrogen and oxygen atoms in total. The number of rotatable bonds is 3. The molecule has 0 spiro atoms. The first-order valence-corrected chi connectivity index (χ1v) is 4.44. The molecule has 0 aliphatic heterocycles. The Hall–Kier alpha value is 1.64. The van der Waals surface area contributed by atoms with Crippen molar-refractivity contribution in [1.29, 1.82) is 0 Å². The summed E-state index contributed by atoms with van der Waals surface area (Å²) >= 11 is 1.97. The molecule has 2 amide bonds. The number of nitrogens with two attached hydrogens (primary N) is 2. The van der Waals surface area contributed by atoms with E-state index in [4.69, 9.17) is 11.5 Å². The summed E-state index contributed by atoms with van der Waals surface area (Å²) in [5, 5.41) is -0.852. The zero-order valence-electron chi connectivity index (χ0n) is 5.20. The van der Waals surface area contributed by atoms with Crippen molar-refractivity contribution < 1.29 is 9.59 Å². The average molecular weight is 228 g/mol. The van der Waals surface area contributed by atoms with Gasteiger partial charge in [-0.25, -0.2) is 0 Å². The van der Waals surface area contributed by atoms with Gasteiger partial charge in [-0.15, -0.1) is 0 Å². The Morgan fingerprint density at radius 1 is 0.917 bits per heavy atom. The van der Waals surface area contributed by atoms with Crippen molar-refractivity contribution in [3.05, 3.63) is 0 Å². The Kier molecular flexibility index (Phi) is 20.3. The summed E-state index contributed by atoms with van der Waals surface area (Å²) in [5.41, 5.74) is 9.62. The van der Waals surface area contributed by atoms with Gasteiger partial charge in [0.05, 0.1) is 0 Å². The van der Waals surface area contributed by atoms with Gasteiger partial charge in [-0.2, -0.15) is 0 Å². The number of primary amides is 2. The van der Waals surface area contributed by atoms with Crippen molar-refractivity contribution in [2.75, 3.05) is 11.5 Å². The van der Waals surface area contributed by atoms with Crippen molar-refractivity contribution in [3.8, 4) is 0 Å². The number of amides is 2. The Morgan fingerprint density at radius 3 is 1.33 bits per heavy atom. The normalized spacial score (nSPS) is 7.67. The summed E-state index contributed by atoms with van der Waals surface area (Å²) < 4.78 is 0. The molecular weight excluding hydrogens is 218 g/mol. The molecule has 0 unspecified atom stereocenters. The van der Waals surface area contributed by atoms with Crippen molar-refractivity contribution in [1.82, 2.24) is 0 Å². The van der Waals surface area contributed by atoms with Crippen LogP contribution in [-0.2, 0) is 0 Å². The maximum atomic E-state index is 10.1. The third kappa shape index (κ3) is 17.7. The first kappa shape index (κ1) is 19.2.